The molecule has 0 saturated carbocycles. The molecule has 0 radical (unpaired) electrons. The van der Waals surface area contributed by atoms with Gasteiger partial charge in [-0.25, -0.2) is 4.79 Å². The molecule has 0 spiro atoms. The number of likely N-dealkylation sites (tertiary alicyclic amines) is 1. The van der Waals surface area contributed by atoms with Gasteiger partial charge in [0.05, 0.1) is 0 Å². The van der Waals surface area contributed by atoms with Crippen molar-refractivity contribution in [3.63, 3.8) is 0 Å². The van der Waals surface area contributed by atoms with Crippen molar-refractivity contribution >= 4 is 19.9 Å². The molecule has 1 fully saturated rings. The largest absolute Gasteiger partial charge is 0.444 e. The number of piperidine rings is 1. The molecule has 0 bridgehead atoms. The van der Waals surface area contributed by atoms with Gasteiger partial charge in [-0.05, 0) is 52.2 Å². The molecule has 148 valence electrons. The maximum Gasteiger partial charge on any atom is 0.410 e. The average molecular weight is 387 g/mol. The van der Waals surface area contributed by atoms with Gasteiger partial charge in [-0.15, -0.1) is 5.54 Å². The predicted octanol–water partition coefficient (Wildman–Crippen LogP) is 5.06. The van der Waals surface area contributed by atoms with E-state index in [1.807, 2.05) is 32.9 Å². The van der Waals surface area contributed by atoms with Crippen molar-refractivity contribution in [1.29, 1.82) is 0 Å². The van der Waals surface area contributed by atoms with E-state index in [0.29, 0.717) is 13.1 Å². The molecule has 1 amide bonds. The summed E-state index contributed by atoms with van der Waals surface area (Å²) in [5.74, 6) is 3.58. The number of hydrogen-bond donors (Lipinski definition) is 1. The molecule has 2 rings (SSSR count). The van der Waals surface area contributed by atoms with Crippen LogP contribution in [-0.2, 0) is 4.74 Å². The van der Waals surface area contributed by atoms with Gasteiger partial charge < -0.3 is 15.0 Å². The molecule has 0 atom stereocenters. The van der Waals surface area contributed by atoms with Crippen LogP contribution in [0.3, 0.4) is 0 Å². The normalized spacial score (nSPS) is 16.9. The predicted molar refractivity (Wildman–Crippen MR) is 116 cm³/mol. The van der Waals surface area contributed by atoms with Crippen molar-refractivity contribution in [3.05, 3.63) is 29.8 Å². The Bertz CT molecular complexity index is 727. The van der Waals surface area contributed by atoms with Crippen molar-refractivity contribution in [2.45, 2.75) is 71.3 Å². The second-order valence-electron chi connectivity index (χ2n) is 9.49. The Morgan fingerprint density at radius 2 is 1.78 bits per heavy atom. The SMILES string of the molecule is Cc1ccccc1NC1(C#C[Si](C)(C)C)CCN(C(=O)OC(C)(C)C)CC1. The molecule has 0 unspecified atom stereocenters. The quantitative estimate of drug-likeness (QED) is 0.571. The van der Waals surface area contributed by atoms with E-state index < -0.39 is 13.7 Å². The summed E-state index contributed by atoms with van der Waals surface area (Å²) in [4.78, 5) is 14.2. The third-order valence-electron chi connectivity index (χ3n) is 4.46. The first kappa shape index (κ1) is 21.4. The number of anilines is 1. The molecule has 0 aromatic heterocycles. The molecule has 5 heteroatoms. The molecule has 1 aromatic rings. The summed E-state index contributed by atoms with van der Waals surface area (Å²) in [5, 5.41) is 3.71. The first-order chi connectivity index (χ1) is 12.4. The zero-order valence-electron chi connectivity index (χ0n) is 17.9. The molecule has 1 heterocycles. The first-order valence-corrected chi connectivity index (χ1v) is 13.3. The van der Waals surface area contributed by atoms with E-state index in [4.69, 9.17) is 4.74 Å². The molecule has 0 aliphatic carbocycles. The van der Waals surface area contributed by atoms with E-state index >= 15 is 0 Å². The Labute approximate surface area is 165 Å². The second kappa shape index (κ2) is 7.98. The number of aryl methyl sites for hydroxylation is 1. The van der Waals surface area contributed by atoms with Gasteiger partial charge in [-0.1, -0.05) is 43.8 Å². The Kier molecular flexibility index (Phi) is 6.31. The number of para-hydroxylation sites is 1. The van der Waals surface area contributed by atoms with Crippen molar-refractivity contribution in [2.75, 3.05) is 18.4 Å². The Balaban J connectivity index is 2.20. The summed E-state index contributed by atoms with van der Waals surface area (Å²) in [7, 11) is -1.50. The third kappa shape index (κ3) is 6.62. The van der Waals surface area contributed by atoms with Gasteiger partial charge >= 0.3 is 6.09 Å². The number of benzene rings is 1. The first-order valence-electron chi connectivity index (χ1n) is 9.75. The van der Waals surface area contributed by atoms with Crippen LogP contribution >= 0.6 is 0 Å². The van der Waals surface area contributed by atoms with Crippen LogP contribution in [0.2, 0.25) is 19.6 Å². The van der Waals surface area contributed by atoms with Crippen molar-refractivity contribution in [1.82, 2.24) is 4.90 Å². The maximum atomic E-state index is 12.4. The van der Waals surface area contributed by atoms with Crippen LogP contribution in [0.1, 0.15) is 39.2 Å². The fourth-order valence-corrected chi connectivity index (χ4v) is 3.57. The van der Waals surface area contributed by atoms with Crippen molar-refractivity contribution in [2.24, 2.45) is 0 Å². The maximum absolute atomic E-state index is 12.4. The van der Waals surface area contributed by atoms with Gasteiger partial charge in [-0.2, -0.15) is 0 Å². The second-order valence-corrected chi connectivity index (χ2v) is 14.2. The zero-order valence-corrected chi connectivity index (χ0v) is 18.9. The highest BCUT2D eigenvalue weighted by Crippen LogP contribution is 2.29. The molecular formula is C22H34N2O2Si. The molecule has 1 saturated heterocycles. The molecule has 1 aromatic carbocycles. The molecule has 4 nitrogen and oxygen atoms in total. The lowest BCUT2D eigenvalue weighted by molar-refractivity contribution is 0.0195. The van der Waals surface area contributed by atoms with Crippen LogP contribution in [0.5, 0.6) is 0 Å². The van der Waals surface area contributed by atoms with E-state index in [0.717, 1.165) is 18.5 Å². The van der Waals surface area contributed by atoms with Gasteiger partial charge in [0.1, 0.15) is 19.2 Å². The van der Waals surface area contributed by atoms with E-state index in [1.54, 1.807) is 4.90 Å². The van der Waals surface area contributed by atoms with Crippen molar-refractivity contribution < 1.29 is 9.53 Å². The van der Waals surface area contributed by atoms with Crippen LogP contribution in [0, 0.1) is 18.4 Å². The molecule has 1 N–H and O–H groups in total. The summed E-state index contributed by atoms with van der Waals surface area (Å²) in [6.45, 7) is 15.9. The standard InChI is InChI=1S/C22H34N2O2Si/c1-18-10-8-9-11-19(18)23-22(14-17-27(5,6)7)12-15-24(16-13-22)20(25)26-21(2,3)4/h8-11,23H,12-13,15-16H2,1-7H3. The number of hydrogen-bond acceptors (Lipinski definition) is 3. The Morgan fingerprint density at radius 3 is 2.30 bits per heavy atom. The highest BCUT2D eigenvalue weighted by Gasteiger charge is 2.36. The number of carbonyl (C=O) groups is 1. The lowest BCUT2D eigenvalue weighted by Crippen LogP contribution is -2.51. The monoisotopic (exact) mass is 386 g/mol. The number of rotatable bonds is 2. The lowest BCUT2D eigenvalue weighted by atomic mass is 9.87. The van der Waals surface area contributed by atoms with Crippen LogP contribution in [0.25, 0.3) is 0 Å². The van der Waals surface area contributed by atoms with Crippen LogP contribution < -0.4 is 5.32 Å². The third-order valence-corrected chi connectivity index (χ3v) is 5.34. The number of ether oxygens (including phenoxy) is 1. The van der Waals surface area contributed by atoms with E-state index in [2.05, 4.69) is 55.5 Å². The number of nitrogens with zero attached hydrogens (tertiary/aromatic N) is 1. The van der Waals surface area contributed by atoms with Gasteiger partial charge in [-0.3, -0.25) is 0 Å². The topological polar surface area (TPSA) is 41.6 Å². The molecular weight excluding hydrogens is 352 g/mol. The number of amides is 1. The molecule has 1 aliphatic rings. The van der Waals surface area contributed by atoms with Crippen LogP contribution in [0.15, 0.2) is 24.3 Å². The number of carbonyl (C=O) groups excluding carboxylic acids is 1. The Hall–Kier alpha value is -1.93. The van der Waals surface area contributed by atoms with Gasteiger partial charge in [0, 0.05) is 18.8 Å². The fraction of sp³-hybridized carbons (Fsp3) is 0.591. The van der Waals surface area contributed by atoms with Gasteiger partial charge in [0.15, 0.2) is 0 Å². The highest BCUT2D eigenvalue weighted by atomic mass is 28.3. The van der Waals surface area contributed by atoms with Crippen LogP contribution in [-0.4, -0.2) is 43.3 Å². The van der Waals surface area contributed by atoms with Crippen LogP contribution in [0.4, 0.5) is 10.5 Å². The smallest absolute Gasteiger partial charge is 0.410 e. The van der Waals surface area contributed by atoms with Gasteiger partial charge in [0.25, 0.3) is 0 Å². The summed E-state index contributed by atoms with van der Waals surface area (Å²) < 4.78 is 5.53. The highest BCUT2D eigenvalue weighted by molar-refractivity contribution is 6.83. The minimum absolute atomic E-state index is 0.231. The van der Waals surface area contributed by atoms with E-state index in [1.165, 1.54) is 5.56 Å². The van der Waals surface area contributed by atoms with E-state index in [-0.39, 0.29) is 11.6 Å². The fourth-order valence-electron chi connectivity index (χ4n) is 2.96. The molecule has 27 heavy (non-hydrogen) atoms. The zero-order chi connectivity index (χ0) is 20.3. The van der Waals surface area contributed by atoms with Gasteiger partial charge in [0.2, 0.25) is 0 Å². The summed E-state index contributed by atoms with van der Waals surface area (Å²) >= 11 is 0. The van der Waals surface area contributed by atoms with E-state index in [9.17, 15) is 4.79 Å². The molecule has 1 aliphatic heterocycles. The minimum Gasteiger partial charge on any atom is -0.444 e. The lowest BCUT2D eigenvalue weighted by Gasteiger charge is -2.40. The number of nitrogens with one attached hydrogen (secondary N) is 1. The average Bonchev–Trinajstić information content (AvgIpc) is 2.54. The summed E-state index contributed by atoms with van der Waals surface area (Å²) in [6.07, 6.45) is 1.35. The Morgan fingerprint density at radius 1 is 1.19 bits per heavy atom. The summed E-state index contributed by atoms with van der Waals surface area (Å²) in [6, 6.07) is 8.31. The van der Waals surface area contributed by atoms with Crippen molar-refractivity contribution in [3.8, 4) is 11.5 Å². The summed E-state index contributed by atoms with van der Waals surface area (Å²) in [5.41, 5.74) is 5.10. The minimum atomic E-state index is -1.50.